The van der Waals surface area contributed by atoms with Gasteiger partial charge in [-0.1, -0.05) is 29.7 Å². The van der Waals surface area contributed by atoms with Crippen LogP contribution in [0, 0.1) is 17.8 Å². The lowest BCUT2D eigenvalue weighted by atomic mass is 9.68. The molecule has 0 aromatic heterocycles. The number of nitrogens with one attached hydrogen (secondary N) is 1. The highest BCUT2D eigenvalue weighted by Gasteiger charge is 2.45. The van der Waals surface area contributed by atoms with Crippen LogP contribution in [-0.4, -0.2) is 90.0 Å². The number of likely N-dealkylation sites (N-methyl/N-ethyl adjacent to an activating group) is 1. The Morgan fingerprint density at radius 3 is 2.66 bits per heavy atom. The summed E-state index contributed by atoms with van der Waals surface area (Å²) < 4.78 is 22.9. The number of carbonyl (C=O) groups is 1. The molecule has 1 spiro atoms. The average Bonchev–Trinajstić information content (AvgIpc) is 3.24. The third-order valence-electron chi connectivity index (χ3n) is 12.5. The maximum Gasteiger partial charge on any atom is 0.263 e. The van der Waals surface area contributed by atoms with Crippen LogP contribution in [0.2, 0.25) is 5.02 Å². The van der Waals surface area contributed by atoms with E-state index in [0.717, 1.165) is 113 Å². The number of piperazine rings is 1. The van der Waals surface area contributed by atoms with Crippen molar-refractivity contribution in [3.63, 3.8) is 0 Å². The van der Waals surface area contributed by atoms with Crippen LogP contribution in [0.3, 0.4) is 0 Å². The van der Waals surface area contributed by atoms with Gasteiger partial charge in [0.1, 0.15) is 28.7 Å². The van der Waals surface area contributed by atoms with Gasteiger partial charge >= 0.3 is 0 Å². The Labute approximate surface area is 305 Å². The fraction of sp³-hybridized carbons (Fsp3) is 0.641. The van der Waals surface area contributed by atoms with Gasteiger partial charge in [0.25, 0.3) is 5.91 Å². The van der Waals surface area contributed by atoms with E-state index in [0.29, 0.717) is 24.0 Å². The van der Waals surface area contributed by atoms with Crippen LogP contribution in [-0.2, 0) is 27.7 Å². The largest absolute Gasteiger partial charge is 0.490 e. The zero-order valence-electron chi connectivity index (χ0n) is 30.2. The molecule has 2 aromatic carbocycles. The molecular formula is C39H54ClN5O4S. The second kappa shape index (κ2) is 15.0. The standard InChI is InChI=1S/C39H54ClN5O4S/c1-26-7-5-9-36(49-41-28(3)44-19-17-43(4)18-20-44)33-13-10-31(33)23-45-24-39(16-6-8-29-21-32(40)12-14-34(29)39)25-48-37-15-11-30(22-35(37)45)38(46)42-50(47)27(26)2/h11-12,14-15,21-22,26-27,31,33,36H,5-10,13,16-20,23-25H2,1-4H3,(H,42,46)/b41-28+/t26?,27?,31?,33?,36?,39-,50?/m0/s1. The van der Waals surface area contributed by atoms with E-state index >= 15 is 0 Å². The summed E-state index contributed by atoms with van der Waals surface area (Å²) >= 11 is 6.49. The molecule has 7 rings (SSSR count). The van der Waals surface area contributed by atoms with Crippen LogP contribution in [0.25, 0.3) is 0 Å². The van der Waals surface area contributed by atoms with Gasteiger partial charge in [-0.3, -0.25) is 9.52 Å². The molecule has 2 aliphatic carbocycles. The predicted molar refractivity (Wildman–Crippen MR) is 202 cm³/mol. The summed E-state index contributed by atoms with van der Waals surface area (Å²) in [5, 5.41) is 5.37. The molecule has 1 saturated carbocycles. The molecule has 1 saturated heterocycles. The molecular weight excluding hydrogens is 670 g/mol. The molecule has 0 radical (unpaired) electrons. The first kappa shape index (κ1) is 35.6. The lowest BCUT2D eigenvalue weighted by molar-refractivity contribution is -0.0473. The molecule has 1 N–H and O–H groups in total. The van der Waals surface area contributed by atoms with E-state index in [1.807, 2.05) is 31.2 Å². The number of anilines is 1. The molecule has 7 atom stereocenters. The molecule has 11 heteroatoms. The number of amidine groups is 1. The highest BCUT2D eigenvalue weighted by Crippen LogP contribution is 2.47. The van der Waals surface area contributed by atoms with E-state index in [1.165, 1.54) is 11.1 Å². The quantitative estimate of drug-likeness (QED) is 0.218. The number of halogens is 1. The summed E-state index contributed by atoms with van der Waals surface area (Å²) in [7, 11) is 0.657. The lowest BCUT2D eigenvalue weighted by Gasteiger charge is -2.46. The minimum atomic E-state index is -1.51. The number of rotatable bonds is 2. The van der Waals surface area contributed by atoms with Crippen LogP contribution in [0.15, 0.2) is 41.6 Å². The van der Waals surface area contributed by atoms with Crippen molar-refractivity contribution in [2.45, 2.75) is 88.9 Å². The predicted octanol–water partition coefficient (Wildman–Crippen LogP) is 6.41. The maximum atomic E-state index is 13.6. The van der Waals surface area contributed by atoms with Gasteiger partial charge in [-0.2, -0.15) is 0 Å². The third-order valence-corrected chi connectivity index (χ3v) is 14.2. The van der Waals surface area contributed by atoms with Crippen LogP contribution in [0.4, 0.5) is 5.69 Å². The van der Waals surface area contributed by atoms with Gasteiger partial charge in [-0.05, 0) is 126 Å². The highest BCUT2D eigenvalue weighted by molar-refractivity contribution is 7.84. The van der Waals surface area contributed by atoms with E-state index in [4.69, 9.17) is 26.3 Å². The summed E-state index contributed by atoms with van der Waals surface area (Å²) in [6.07, 6.45) is 8.13. The minimum absolute atomic E-state index is 0.0114. The van der Waals surface area contributed by atoms with Crippen LogP contribution < -0.4 is 14.4 Å². The van der Waals surface area contributed by atoms with Gasteiger partial charge in [-0.25, -0.2) is 4.21 Å². The number of carbonyl (C=O) groups excluding carboxylic acids is 1. The number of aryl methyl sites for hydroxylation is 1. The number of fused-ring (bicyclic) bond motifs is 4. The zero-order chi connectivity index (χ0) is 35.0. The normalized spacial score (nSPS) is 32.6. The van der Waals surface area contributed by atoms with E-state index < -0.39 is 11.0 Å². The van der Waals surface area contributed by atoms with Gasteiger partial charge in [0.2, 0.25) is 0 Å². The van der Waals surface area contributed by atoms with Crippen LogP contribution >= 0.6 is 11.6 Å². The fourth-order valence-corrected chi connectivity index (χ4v) is 10.1. The lowest BCUT2D eigenvalue weighted by Crippen LogP contribution is -2.50. The van der Waals surface area contributed by atoms with Gasteiger partial charge in [0.15, 0.2) is 0 Å². The van der Waals surface area contributed by atoms with Crippen LogP contribution in [0.1, 0.15) is 87.2 Å². The molecule has 3 heterocycles. The Hall–Kier alpha value is -2.82. The number of ether oxygens (including phenoxy) is 1. The first-order valence-electron chi connectivity index (χ1n) is 18.8. The summed E-state index contributed by atoms with van der Waals surface area (Å²) in [6.45, 7) is 12.4. The van der Waals surface area contributed by atoms with Gasteiger partial charge in [0.05, 0.1) is 17.5 Å². The molecule has 2 aromatic rings. The second-order valence-corrected chi connectivity index (χ2v) is 17.7. The van der Waals surface area contributed by atoms with Gasteiger partial charge in [-0.15, -0.1) is 0 Å². The molecule has 6 unspecified atom stereocenters. The smallest absolute Gasteiger partial charge is 0.263 e. The number of hydrogen-bond donors (Lipinski definition) is 1. The number of nitrogens with zero attached hydrogens (tertiary/aromatic N) is 4. The number of hydrogen-bond acceptors (Lipinski definition) is 7. The van der Waals surface area contributed by atoms with Crippen molar-refractivity contribution in [2.75, 3.05) is 57.8 Å². The topological polar surface area (TPSA) is 86.7 Å². The van der Waals surface area contributed by atoms with Crippen molar-refractivity contribution < 1.29 is 18.6 Å². The van der Waals surface area contributed by atoms with E-state index in [-0.39, 0.29) is 28.6 Å². The Morgan fingerprint density at radius 2 is 1.88 bits per heavy atom. The first-order valence-corrected chi connectivity index (χ1v) is 20.4. The Bertz CT molecular complexity index is 1610. The molecule has 3 aliphatic heterocycles. The molecule has 2 fully saturated rings. The fourth-order valence-electron chi connectivity index (χ4n) is 8.86. The summed E-state index contributed by atoms with van der Waals surface area (Å²) in [6, 6.07) is 12.0. The highest BCUT2D eigenvalue weighted by atomic mass is 35.5. The molecule has 9 nitrogen and oxygen atoms in total. The molecule has 5 aliphatic rings. The Morgan fingerprint density at radius 1 is 1.06 bits per heavy atom. The molecule has 50 heavy (non-hydrogen) atoms. The zero-order valence-corrected chi connectivity index (χ0v) is 31.7. The molecule has 1 amide bonds. The molecule has 272 valence electrons. The summed E-state index contributed by atoms with van der Waals surface area (Å²) in [4.78, 5) is 27.3. The summed E-state index contributed by atoms with van der Waals surface area (Å²) in [5.74, 6) is 2.42. The van der Waals surface area contributed by atoms with Crippen molar-refractivity contribution in [1.82, 2.24) is 14.5 Å². The maximum absolute atomic E-state index is 13.6. The number of benzene rings is 2. The van der Waals surface area contributed by atoms with Crippen LogP contribution in [0.5, 0.6) is 5.75 Å². The van der Waals surface area contributed by atoms with Gasteiger partial charge < -0.3 is 24.3 Å². The molecule has 2 bridgehead atoms. The Balaban J connectivity index is 1.22. The Kier molecular flexibility index (Phi) is 10.7. The SMILES string of the molecule is C/C(=N\OC1CCCC(C)C(C)S(=O)NC(=O)c2ccc3c(c2)N(CC2CCC21)C[C@@]1(CCCc2cc(Cl)ccc21)CO3)N1CCN(C)CC1. The average molecular weight is 724 g/mol. The summed E-state index contributed by atoms with van der Waals surface area (Å²) in [5.41, 5.74) is 3.87. The van der Waals surface area contributed by atoms with E-state index in [9.17, 15) is 9.00 Å². The van der Waals surface area contributed by atoms with E-state index in [1.54, 1.807) is 0 Å². The van der Waals surface area contributed by atoms with Crippen molar-refractivity contribution in [1.29, 1.82) is 0 Å². The van der Waals surface area contributed by atoms with Crippen molar-refractivity contribution in [2.24, 2.45) is 22.9 Å². The minimum Gasteiger partial charge on any atom is -0.490 e. The monoisotopic (exact) mass is 723 g/mol. The first-order chi connectivity index (χ1) is 24.1. The second-order valence-electron chi connectivity index (χ2n) is 15.7. The van der Waals surface area contributed by atoms with E-state index in [2.05, 4.69) is 52.4 Å². The van der Waals surface area contributed by atoms with Gasteiger partial charge in [0, 0.05) is 61.2 Å². The number of amides is 1. The van der Waals surface area contributed by atoms with Crippen molar-refractivity contribution in [3.8, 4) is 5.75 Å². The van der Waals surface area contributed by atoms with Crippen molar-refractivity contribution in [3.05, 3.63) is 58.1 Å². The number of oxime groups is 1. The third kappa shape index (κ3) is 7.40. The van der Waals surface area contributed by atoms with Crippen molar-refractivity contribution >= 4 is 40.0 Å².